The van der Waals surface area contributed by atoms with Gasteiger partial charge in [-0.3, -0.25) is 0 Å². The molecule has 135 valence electrons. The molecule has 0 rings (SSSR count). The quantitative estimate of drug-likeness (QED) is 0.322. The standard InChI is InChI=1S/4C5H11.Re/c4*1-5(2,3)4;/h4*1H2,2-4H3;/q4*-1;. The molecular weight excluding hydrogens is 426 g/mol. The minimum Gasteiger partial charge on any atom is -0.338 e. The van der Waals surface area contributed by atoms with Gasteiger partial charge in [-0.05, 0) is 0 Å². The van der Waals surface area contributed by atoms with E-state index in [1.165, 1.54) is 0 Å². The van der Waals surface area contributed by atoms with E-state index in [-0.39, 0.29) is 42.1 Å². The largest absolute Gasteiger partial charge is 0.338 e. The topological polar surface area (TPSA) is 0 Å². The predicted octanol–water partition coefficient (Wildman–Crippen LogP) is 7.46. The Balaban J connectivity index is -0.0000000533. The van der Waals surface area contributed by atoms with Crippen LogP contribution in [0.5, 0.6) is 0 Å². The van der Waals surface area contributed by atoms with Gasteiger partial charge in [-0.25, -0.2) is 0 Å². The molecule has 0 heterocycles. The summed E-state index contributed by atoms with van der Waals surface area (Å²) in [6.45, 7) is 40.0. The summed E-state index contributed by atoms with van der Waals surface area (Å²) in [5, 5.41) is 0. The van der Waals surface area contributed by atoms with Crippen LogP contribution in [0.15, 0.2) is 0 Å². The molecule has 0 bridgehead atoms. The molecule has 21 heavy (non-hydrogen) atoms. The number of rotatable bonds is 0. The smallest absolute Gasteiger partial charge is 0 e. The van der Waals surface area contributed by atoms with Crippen LogP contribution < -0.4 is 0 Å². The van der Waals surface area contributed by atoms with Gasteiger partial charge in [-0.15, -0.1) is 0 Å². The summed E-state index contributed by atoms with van der Waals surface area (Å²) >= 11 is 0. The SMILES string of the molecule is [CH2-]C(C)(C)C.[CH2-]C(C)(C)C.[CH2-]C(C)(C)C.[CH2-]C(C)(C)C.[Re]. The summed E-state index contributed by atoms with van der Waals surface area (Å²) in [5.74, 6) is 0. The van der Waals surface area contributed by atoms with Crippen molar-refractivity contribution in [3.05, 3.63) is 27.7 Å². The molecule has 0 N–H and O–H groups in total. The normalized spacial score (nSPS) is 11.4. The molecule has 0 atom stereocenters. The zero-order valence-corrected chi connectivity index (χ0v) is 19.9. The van der Waals surface area contributed by atoms with Gasteiger partial charge in [0.2, 0.25) is 0 Å². The van der Waals surface area contributed by atoms with Gasteiger partial charge in [0.15, 0.2) is 0 Å². The second-order valence-electron chi connectivity index (χ2n) is 10.2. The van der Waals surface area contributed by atoms with E-state index in [0.717, 1.165) is 0 Å². The summed E-state index contributed by atoms with van der Waals surface area (Å²) in [5.41, 5.74) is 1.00. The van der Waals surface area contributed by atoms with Gasteiger partial charge in [0.25, 0.3) is 0 Å². The van der Waals surface area contributed by atoms with E-state index in [0.29, 0.717) is 0 Å². The predicted molar refractivity (Wildman–Crippen MR) is 99.2 cm³/mol. The van der Waals surface area contributed by atoms with E-state index in [2.05, 4.69) is 111 Å². The molecule has 0 aliphatic rings. The Bertz CT molecular complexity index is 116. The van der Waals surface area contributed by atoms with Crippen LogP contribution in [0, 0.1) is 49.4 Å². The van der Waals surface area contributed by atoms with Crippen LogP contribution in [0.25, 0.3) is 0 Å². The summed E-state index contributed by atoms with van der Waals surface area (Å²) < 4.78 is 0. The molecule has 0 aromatic carbocycles. The van der Waals surface area contributed by atoms with Gasteiger partial charge >= 0.3 is 0 Å². The van der Waals surface area contributed by atoms with E-state index >= 15 is 0 Å². The number of hydrogen-bond acceptors (Lipinski definition) is 0. The zero-order chi connectivity index (χ0) is 18.0. The van der Waals surface area contributed by atoms with Crippen molar-refractivity contribution < 1.29 is 20.4 Å². The molecule has 0 fully saturated rings. The van der Waals surface area contributed by atoms with Gasteiger partial charge in [0.05, 0.1) is 0 Å². The molecule has 0 aliphatic heterocycles. The maximum atomic E-state index is 3.77. The molecule has 0 aliphatic carbocycles. The second kappa shape index (κ2) is 13.1. The molecule has 0 unspecified atom stereocenters. The van der Waals surface area contributed by atoms with Gasteiger partial charge < -0.3 is 27.7 Å². The minimum absolute atomic E-state index is 0. The van der Waals surface area contributed by atoms with Crippen molar-refractivity contribution in [1.29, 1.82) is 0 Å². The second-order valence-corrected chi connectivity index (χ2v) is 10.2. The average molecular weight is 471 g/mol. The first-order chi connectivity index (χ1) is 8.00. The Morgan fingerprint density at radius 2 is 0.333 bits per heavy atom. The van der Waals surface area contributed by atoms with Crippen molar-refractivity contribution in [2.24, 2.45) is 21.7 Å². The Morgan fingerprint density at radius 3 is 0.333 bits per heavy atom. The van der Waals surface area contributed by atoms with Crippen LogP contribution in [0.2, 0.25) is 0 Å². The fraction of sp³-hybridized carbons (Fsp3) is 0.800. The monoisotopic (exact) mass is 471 g/mol. The van der Waals surface area contributed by atoms with Gasteiger partial charge in [0.1, 0.15) is 0 Å². The molecule has 1 radical (unpaired) electrons. The van der Waals surface area contributed by atoms with Crippen LogP contribution in [0.1, 0.15) is 83.1 Å². The molecule has 0 aromatic rings. The van der Waals surface area contributed by atoms with E-state index in [1.54, 1.807) is 0 Å². The summed E-state index contributed by atoms with van der Waals surface area (Å²) in [7, 11) is 0. The third-order valence-corrected chi connectivity index (χ3v) is 0. The third-order valence-electron chi connectivity index (χ3n) is 0. The van der Waals surface area contributed by atoms with Crippen molar-refractivity contribution in [2.45, 2.75) is 83.1 Å². The summed E-state index contributed by atoms with van der Waals surface area (Å²) in [4.78, 5) is 0. The molecule has 0 aromatic heterocycles. The van der Waals surface area contributed by atoms with Crippen LogP contribution in [0.3, 0.4) is 0 Å². The molecule has 0 amide bonds. The molecule has 0 spiro atoms. The van der Waals surface area contributed by atoms with Crippen molar-refractivity contribution >= 4 is 0 Å². The van der Waals surface area contributed by atoms with E-state index in [9.17, 15) is 0 Å². The number of hydrogen-bond donors (Lipinski definition) is 0. The van der Waals surface area contributed by atoms with Crippen LogP contribution >= 0.6 is 0 Å². The van der Waals surface area contributed by atoms with Crippen molar-refractivity contribution in [1.82, 2.24) is 0 Å². The van der Waals surface area contributed by atoms with Crippen LogP contribution in [0.4, 0.5) is 0 Å². The van der Waals surface area contributed by atoms with E-state index in [4.69, 9.17) is 0 Å². The first-order valence-corrected chi connectivity index (χ1v) is 7.41. The Labute approximate surface area is 152 Å². The molecule has 0 nitrogen and oxygen atoms in total. The van der Waals surface area contributed by atoms with Gasteiger partial charge in [-0.2, -0.15) is 21.7 Å². The first kappa shape index (κ1) is 33.3. The van der Waals surface area contributed by atoms with Crippen molar-refractivity contribution in [3.8, 4) is 0 Å². The average Bonchev–Trinajstić information content (AvgIpc) is 1.62. The third kappa shape index (κ3) is 16400. The van der Waals surface area contributed by atoms with E-state index in [1.807, 2.05) is 0 Å². The molecule has 0 saturated carbocycles. The van der Waals surface area contributed by atoms with Crippen molar-refractivity contribution in [2.75, 3.05) is 0 Å². The van der Waals surface area contributed by atoms with E-state index < -0.39 is 0 Å². The Hall–Kier alpha value is 0.662. The zero-order valence-electron chi connectivity index (χ0n) is 17.2. The van der Waals surface area contributed by atoms with Crippen LogP contribution in [-0.4, -0.2) is 0 Å². The fourth-order valence-corrected chi connectivity index (χ4v) is 0. The Morgan fingerprint density at radius 1 is 0.333 bits per heavy atom. The first-order valence-electron chi connectivity index (χ1n) is 7.41. The maximum absolute atomic E-state index is 3.77. The molecule has 0 saturated heterocycles. The molecular formula is C20H44Re-4. The maximum Gasteiger partial charge on any atom is 0 e. The molecule has 1 heteroatoms. The van der Waals surface area contributed by atoms with Gasteiger partial charge in [0, 0.05) is 20.4 Å². The fourth-order valence-electron chi connectivity index (χ4n) is 0. The van der Waals surface area contributed by atoms with Crippen molar-refractivity contribution in [3.63, 3.8) is 0 Å². The summed E-state index contributed by atoms with van der Waals surface area (Å²) in [6.07, 6.45) is 0. The summed E-state index contributed by atoms with van der Waals surface area (Å²) in [6, 6.07) is 0. The Kier molecular flexibility index (Phi) is 20.8. The minimum atomic E-state index is 0. The van der Waals surface area contributed by atoms with Crippen LogP contribution in [-0.2, 0) is 20.4 Å². The van der Waals surface area contributed by atoms with Gasteiger partial charge in [-0.1, -0.05) is 83.1 Å².